The van der Waals surface area contributed by atoms with Crippen molar-refractivity contribution in [2.75, 3.05) is 0 Å². The standard InChI is InChI=1S/C14H31N3/c1-2-3-4-5-6-7-8-9-10-11-12-13-14(15)17-16/h2-13,16H2,1H3,(H2,15,17). The number of hydrogen-bond acceptors (Lipinski definition) is 2. The van der Waals surface area contributed by atoms with Crippen LogP contribution < -0.4 is 11.6 Å². The zero-order chi connectivity index (χ0) is 12.8. The molecule has 0 unspecified atom stereocenters. The molecule has 0 radical (unpaired) electrons. The summed E-state index contributed by atoms with van der Waals surface area (Å²) in [6, 6.07) is 0. The Morgan fingerprint density at radius 3 is 1.59 bits per heavy atom. The maximum absolute atomic E-state index is 5.52. The van der Waals surface area contributed by atoms with E-state index in [0.717, 1.165) is 12.8 Å². The van der Waals surface area contributed by atoms with Crippen LogP contribution in [-0.4, -0.2) is 5.84 Å². The van der Waals surface area contributed by atoms with Crippen molar-refractivity contribution in [1.29, 1.82) is 0 Å². The average Bonchev–Trinajstić information content (AvgIpc) is 2.35. The van der Waals surface area contributed by atoms with Gasteiger partial charge in [-0.05, 0) is 6.42 Å². The third-order valence-electron chi connectivity index (χ3n) is 3.20. The van der Waals surface area contributed by atoms with Crippen LogP contribution in [-0.2, 0) is 0 Å². The number of nitrogens with two attached hydrogens (primary N) is 2. The molecule has 4 N–H and O–H groups in total. The molecule has 0 saturated carbocycles. The van der Waals surface area contributed by atoms with Gasteiger partial charge in [-0.2, -0.15) is 5.10 Å². The molecule has 3 nitrogen and oxygen atoms in total. The van der Waals surface area contributed by atoms with Gasteiger partial charge in [0.2, 0.25) is 0 Å². The molecular formula is C14H31N3. The highest BCUT2D eigenvalue weighted by Gasteiger charge is 1.94. The van der Waals surface area contributed by atoms with Crippen LogP contribution in [0, 0.1) is 0 Å². The van der Waals surface area contributed by atoms with Crippen molar-refractivity contribution >= 4 is 5.84 Å². The Hall–Kier alpha value is -0.730. The Morgan fingerprint density at radius 1 is 0.765 bits per heavy atom. The zero-order valence-electron chi connectivity index (χ0n) is 11.6. The van der Waals surface area contributed by atoms with Crippen LogP contribution in [0.15, 0.2) is 5.10 Å². The quantitative estimate of drug-likeness (QED) is 0.179. The highest BCUT2D eigenvalue weighted by Crippen LogP contribution is 2.11. The number of rotatable bonds is 12. The molecule has 17 heavy (non-hydrogen) atoms. The molecule has 0 aliphatic carbocycles. The van der Waals surface area contributed by atoms with E-state index >= 15 is 0 Å². The smallest absolute Gasteiger partial charge is 0.119 e. The summed E-state index contributed by atoms with van der Waals surface area (Å²) in [4.78, 5) is 0. The van der Waals surface area contributed by atoms with Crippen LogP contribution in [0.1, 0.15) is 84.0 Å². The molecule has 3 heteroatoms. The minimum absolute atomic E-state index is 0.584. The molecule has 0 heterocycles. The molecule has 0 aromatic carbocycles. The maximum atomic E-state index is 5.52. The molecular weight excluding hydrogens is 210 g/mol. The Labute approximate surface area is 107 Å². The molecule has 102 valence electrons. The van der Waals surface area contributed by atoms with Crippen molar-refractivity contribution in [3.63, 3.8) is 0 Å². The second-order valence-corrected chi connectivity index (χ2v) is 4.91. The van der Waals surface area contributed by atoms with Gasteiger partial charge >= 0.3 is 0 Å². The number of hydrazone groups is 1. The lowest BCUT2D eigenvalue weighted by Crippen LogP contribution is -2.13. The van der Waals surface area contributed by atoms with Crippen LogP contribution >= 0.6 is 0 Å². The van der Waals surface area contributed by atoms with Gasteiger partial charge in [-0.15, -0.1) is 0 Å². The van der Waals surface area contributed by atoms with Crippen molar-refractivity contribution in [3.05, 3.63) is 0 Å². The molecule has 0 amide bonds. The number of unbranched alkanes of at least 4 members (excludes halogenated alkanes) is 10. The highest BCUT2D eigenvalue weighted by atomic mass is 15.1. The van der Waals surface area contributed by atoms with Crippen LogP contribution in [0.2, 0.25) is 0 Å². The summed E-state index contributed by atoms with van der Waals surface area (Å²) in [5.41, 5.74) is 5.52. The Kier molecular flexibility index (Phi) is 12.8. The molecule has 0 atom stereocenters. The fourth-order valence-corrected chi connectivity index (χ4v) is 2.03. The van der Waals surface area contributed by atoms with Gasteiger partial charge in [-0.1, -0.05) is 71.1 Å². The van der Waals surface area contributed by atoms with E-state index in [1.165, 1.54) is 64.2 Å². The predicted molar refractivity (Wildman–Crippen MR) is 76.9 cm³/mol. The average molecular weight is 241 g/mol. The van der Waals surface area contributed by atoms with E-state index in [0.29, 0.717) is 5.84 Å². The summed E-state index contributed by atoms with van der Waals surface area (Å²) in [6.45, 7) is 2.27. The lowest BCUT2D eigenvalue weighted by atomic mass is 10.1. The Morgan fingerprint density at radius 2 is 1.18 bits per heavy atom. The lowest BCUT2D eigenvalue weighted by molar-refractivity contribution is 0.551. The summed E-state index contributed by atoms with van der Waals surface area (Å²) < 4.78 is 0. The number of hydrogen-bond donors (Lipinski definition) is 2. The molecule has 0 aromatic heterocycles. The van der Waals surface area contributed by atoms with Crippen molar-refractivity contribution in [3.8, 4) is 0 Å². The summed E-state index contributed by atoms with van der Waals surface area (Å²) in [6.07, 6.45) is 15.8. The molecule has 0 aliphatic rings. The van der Waals surface area contributed by atoms with Crippen LogP contribution in [0.5, 0.6) is 0 Å². The Balaban J connectivity index is 2.99. The summed E-state index contributed by atoms with van der Waals surface area (Å²) in [7, 11) is 0. The van der Waals surface area contributed by atoms with Crippen molar-refractivity contribution in [1.82, 2.24) is 0 Å². The van der Waals surface area contributed by atoms with Gasteiger partial charge in [-0.3, -0.25) is 0 Å². The highest BCUT2D eigenvalue weighted by molar-refractivity contribution is 5.79. The second-order valence-electron chi connectivity index (χ2n) is 4.91. The third-order valence-corrected chi connectivity index (χ3v) is 3.20. The van der Waals surface area contributed by atoms with E-state index in [1.54, 1.807) is 0 Å². The van der Waals surface area contributed by atoms with E-state index < -0.39 is 0 Å². The molecule has 0 saturated heterocycles. The number of nitrogens with zero attached hydrogens (tertiary/aromatic N) is 1. The van der Waals surface area contributed by atoms with Crippen molar-refractivity contribution < 1.29 is 0 Å². The van der Waals surface area contributed by atoms with Gasteiger partial charge in [0, 0.05) is 6.42 Å². The fourth-order valence-electron chi connectivity index (χ4n) is 2.03. The second kappa shape index (κ2) is 13.3. The van der Waals surface area contributed by atoms with Crippen LogP contribution in [0.3, 0.4) is 0 Å². The summed E-state index contributed by atoms with van der Waals surface area (Å²) >= 11 is 0. The SMILES string of the molecule is CCCCCCCCCCCCC/C(N)=N/N. The van der Waals surface area contributed by atoms with Gasteiger partial charge < -0.3 is 11.6 Å². The van der Waals surface area contributed by atoms with E-state index in [4.69, 9.17) is 11.6 Å². The van der Waals surface area contributed by atoms with Gasteiger partial charge in [-0.25, -0.2) is 0 Å². The van der Waals surface area contributed by atoms with Gasteiger partial charge in [0.1, 0.15) is 5.84 Å². The molecule has 0 bridgehead atoms. The molecule has 0 spiro atoms. The minimum Gasteiger partial charge on any atom is -0.386 e. The first-order chi connectivity index (χ1) is 8.31. The molecule has 0 aliphatic heterocycles. The van der Waals surface area contributed by atoms with Gasteiger partial charge in [0.15, 0.2) is 0 Å². The van der Waals surface area contributed by atoms with E-state index in [-0.39, 0.29) is 0 Å². The zero-order valence-corrected chi connectivity index (χ0v) is 11.6. The normalized spacial score (nSPS) is 11.9. The lowest BCUT2D eigenvalue weighted by Gasteiger charge is -2.02. The fraction of sp³-hybridized carbons (Fsp3) is 0.929. The first-order valence-corrected chi connectivity index (χ1v) is 7.33. The number of amidine groups is 1. The first kappa shape index (κ1) is 16.3. The first-order valence-electron chi connectivity index (χ1n) is 7.33. The van der Waals surface area contributed by atoms with E-state index in [2.05, 4.69) is 12.0 Å². The van der Waals surface area contributed by atoms with Gasteiger partial charge in [0.05, 0.1) is 0 Å². The minimum atomic E-state index is 0.584. The van der Waals surface area contributed by atoms with Gasteiger partial charge in [0.25, 0.3) is 0 Å². The van der Waals surface area contributed by atoms with Crippen molar-refractivity contribution in [2.45, 2.75) is 84.0 Å². The maximum Gasteiger partial charge on any atom is 0.119 e. The predicted octanol–water partition coefficient (Wildman–Crippen LogP) is 3.92. The largest absolute Gasteiger partial charge is 0.386 e. The Bertz CT molecular complexity index is 178. The van der Waals surface area contributed by atoms with Crippen molar-refractivity contribution in [2.24, 2.45) is 16.7 Å². The topological polar surface area (TPSA) is 64.4 Å². The van der Waals surface area contributed by atoms with E-state index in [9.17, 15) is 0 Å². The molecule has 0 rings (SSSR count). The molecule has 0 fully saturated rings. The van der Waals surface area contributed by atoms with Crippen LogP contribution in [0.25, 0.3) is 0 Å². The third kappa shape index (κ3) is 13.2. The summed E-state index contributed by atoms with van der Waals surface area (Å²) in [5.74, 6) is 5.65. The van der Waals surface area contributed by atoms with Crippen LogP contribution in [0.4, 0.5) is 0 Å². The monoisotopic (exact) mass is 241 g/mol. The van der Waals surface area contributed by atoms with E-state index in [1.807, 2.05) is 0 Å². The molecule has 0 aromatic rings. The summed E-state index contributed by atoms with van der Waals surface area (Å²) in [5, 5.41) is 3.47.